The molecule has 1 rings (SSSR count). The molecule has 0 spiro atoms. The van der Waals surface area contributed by atoms with E-state index in [1.165, 1.54) is 63.9 Å². The van der Waals surface area contributed by atoms with Crippen molar-refractivity contribution in [1.82, 2.24) is 0 Å². The van der Waals surface area contributed by atoms with Crippen LogP contribution in [-0.2, 0) is 12.8 Å². The minimum atomic E-state index is -1.17. The first-order valence-electron chi connectivity index (χ1n) is 11.1. The van der Waals surface area contributed by atoms with E-state index in [1.54, 1.807) is 0 Å². The Morgan fingerprint density at radius 1 is 0.679 bits per heavy atom. The van der Waals surface area contributed by atoms with Crippen molar-refractivity contribution in [2.24, 2.45) is 0 Å². The molecule has 1 aromatic rings. The highest BCUT2D eigenvalue weighted by Crippen LogP contribution is 2.24. The first-order valence-corrected chi connectivity index (χ1v) is 11.1. The number of carbonyl (C=O) groups is 2. The molecular weight excluding hydrogens is 352 g/mol. The van der Waals surface area contributed by atoms with Gasteiger partial charge in [0.2, 0.25) is 0 Å². The van der Waals surface area contributed by atoms with Gasteiger partial charge in [-0.05, 0) is 36.5 Å². The Labute approximate surface area is 170 Å². The second-order valence-corrected chi connectivity index (χ2v) is 7.77. The number of unbranched alkanes of at least 4 members (excludes halogenated alkanes) is 10. The summed E-state index contributed by atoms with van der Waals surface area (Å²) in [5, 5.41) is 18.9. The van der Waals surface area contributed by atoms with Gasteiger partial charge in [-0.25, -0.2) is 9.59 Å². The van der Waals surface area contributed by atoms with E-state index in [4.69, 9.17) is 0 Å². The van der Waals surface area contributed by atoms with Crippen LogP contribution in [0.25, 0.3) is 0 Å². The zero-order valence-corrected chi connectivity index (χ0v) is 17.8. The fourth-order valence-corrected chi connectivity index (χ4v) is 3.86. The summed E-state index contributed by atoms with van der Waals surface area (Å²) in [5.74, 6) is -2.31. The molecule has 0 aliphatic rings. The van der Waals surface area contributed by atoms with E-state index in [9.17, 15) is 19.8 Å². The van der Waals surface area contributed by atoms with E-state index in [1.807, 2.05) is 13.0 Å². The molecule has 0 fully saturated rings. The molecule has 4 nitrogen and oxygen atoms in total. The number of benzene rings is 1. The van der Waals surface area contributed by atoms with Crippen LogP contribution in [0.1, 0.15) is 123 Å². The van der Waals surface area contributed by atoms with Gasteiger partial charge in [0.25, 0.3) is 0 Å². The van der Waals surface area contributed by atoms with E-state index < -0.39 is 11.9 Å². The molecule has 0 heterocycles. The van der Waals surface area contributed by atoms with Crippen molar-refractivity contribution in [3.8, 4) is 0 Å². The van der Waals surface area contributed by atoms with E-state index in [-0.39, 0.29) is 11.1 Å². The topological polar surface area (TPSA) is 74.6 Å². The molecule has 0 atom stereocenters. The van der Waals surface area contributed by atoms with E-state index in [0.29, 0.717) is 12.0 Å². The number of rotatable bonds is 16. The third-order valence-corrected chi connectivity index (χ3v) is 5.40. The molecule has 0 bridgehead atoms. The van der Waals surface area contributed by atoms with Gasteiger partial charge < -0.3 is 10.2 Å². The molecule has 0 saturated heterocycles. The van der Waals surface area contributed by atoms with Gasteiger partial charge in [0.15, 0.2) is 0 Å². The van der Waals surface area contributed by atoms with Crippen molar-refractivity contribution in [3.05, 3.63) is 34.4 Å². The highest BCUT2D eigenvalue weighted by molar-refractivity contribution is 6.03. The largest absolute Gasteiger partial charge is 0.478 e. The van der Waals surface area contributed by atoms with Gasteiger partial charge in [0, 0.05) is 0 Å². The summed E-state index contributed by atoms with van der Waals surface area (Å²) < 4.78 is 0. The maximum Gasteiger partial charge on any atom is 0.336 e. The fourth-order valence-electron chi connectivity index (χ4n) is 3.86. The van der Waals surface area contributed by atoms with Crippen LogP contribution in [0.3, 0.4) is 0 Å². The predicted octanol–water partition coefficient (Wildman–Crippen LogP) is 6.89. The second kappa shape index (κ2) is 14.2. The summed E-state index contributed by atoms with van der Waals surface area (Å²) in [6.45, 7) is 4.24. The molecule has 28 heavy (non-hydrogen) atoms. The lowest BCUT2D eigenvalue weighted by atomic mass is 9.90. The van der Waals surface area contributed by atoms with Crippen molar-refractivity contribution in [2.75, 3.05) is 0 Å². The number of carboxylic acid groups (broad SMARTS) is 2. The van der Waals surface area contributed by atoms with E-state index >= 15 is 0 Å². The third kappa shape index (κ3) is 8.45. The van der Waals surface area contributed by atoms with Crippen molar-refractivity contribution < 1.29 is 19.8 Å². The van der Waals surface area contributed by atoms with Crippen LogP contribution in [0.4, 0.5) is 0 Å². The summed E-state index contributed by atoms with van der Waals surface area (Å²) in [6.07, 6.45) is 16.3. The van der Waals surface area contributed by atoms with Gasteiger partial charge >= 0.3 is 11.9 Å². The van der Waals surface area contributed by atoms with Crippen molar-refractivity contribution in [2.45, 2.75) is 104 Å². The second-order valence-electron chi connectivity index (χ2n) is 7.77. The van der Waals surface area contributed by atoms with Crippen LogP contribution in [0, 0.1) is 0 Å². The third-order valence-electron chi connectivity index (χ3n) is 5.40. The van der Waals surface area contributed by atoms with Gasteiger partial charge in [-0.3, -0.25) is 0 Å². The molecule has 0 amide bonds. The molecular formula is C24H38O4. The number of carboxylic acids is 2. The first kappa shape index (κ1) is 24.2. The van der Waals surface area contributed by atoms with Crippen molar-refractivity contribution >= 4 is 11.9 Å². The minimum absolute atomic E-state index is 0.0186. The Hall–Kier alpha value is -1.84. The van der Waals surface area contributed by atoms with Crippen LogP contribution < -0.4 is 0 Å². The van der Waals surface area contributed by atoms with Gasteiger partial charge in [-0.15, -0.1) is 0 Å². The zero-order chi connectivity index (χ0) is 20.8. The zero-order valence-electron chi connectivity index (χ0n) is 17.8. The molecule has 4 heteroatoms. The standard InChI is InChI=1S/C24H38O4/c1-3-5-6-7-8-9-10-11-12-13-14-16-19-17-18-21(23(25)26)22(24(27)28)20(19)15-4-2/h17-18H,3-16H2,1-2H3,(H,25,26)(H,27,28). The number of aromatic carboxylic acids is 2. The Morgan fingerprint density at radius 3 is 1.68 bits per heavy atom. The first-order chi connectivity index (χ1) is 13.5. The Balaban J connectivity index is 2.46. The summed E-state index contributed by atoms with van der Waals surface area (Å²) in [5.41, 5.74) is 1.59. The maximum atomic E-state index is 11.7. The monoisotopic (exact) mass is 390 g/mol. The molecule has 2 N–H and O–H groups in total. The molecule has 158 valence electrons. The molecule has 0 aromatic heterocycles. The van der Waals surface area contributed by atoms with Gasteiger partial charge in [0.1, 0.15) is 0 Å². The predicted molar refractivity (Wildman–Crippen MR) is 115 cm³/mol. The molecule has 1 aromatic carbocycles. The highest BCUT2D eigenvalue weighted by Gasteiger charge is 2.22. The average molecular weight is 391 g/mol. The lowest BCUT2D eigenvalue weighted by Crippen LogP contribution is -2.14. The quantitative estimate of drug-likeness (QED) is 0.301. The van der Waals surface area contributed by atoms with Crippen LogP contribution in [0.5, 0.6) is 0 Å². The molecule has 0 aliphatic heterocycles. The Morgan fingerprint density at radius 2 is 1.21 bits per heavy atom. The highest BCUT2D eigenvalue weighted by atomic mass is 16.4. The Kier molecular flexibility index (Phi) is 12.3. The average Bonchev–Trinajstić information content (AvgIpc) is 2.66. The molecule has 0 radical (unpaired) electrons. The number of hydrogen-bond acceptors (Lipinski definition) is 2. The van der Waals surface area contributed by atoms with Crippen LogP contribution in [0.2, 0.25) is 0 Å². The van der Waals surface area contributed by atoms with E-state index in [0.717, 1.165) is 31.2 Å². The normalized spacial score (nSPS) is 10.9. The van der Waals surface area contributed by atoms with E-state index in [2.05, 4.69) is 6.92 Å². The molecule has 0 saturated carbocycles. The van der Waals surface area contributed by atoms with Gasteiger partial charge in [-0.1, -0.05) is 90.5 Å². The van der Waals surface area contributed by atoms with Crippen LogP contribution >= 0.6 is 0 Å². The summed E-state index contributed by atoms with van der Waals surface area (Å²) in [4.78, 5) is 23.1. The van der Waals surface area contributed by atoms with Crippen molar-refractivity contribution in [1.29, 1.82) is 0 Å². The van der Waals surface area contributed by atoms with Crippen LogP contribution in [0.15, 0.2) is 12.1 Å². The minimum Gasteiger partial charge on any atom is -0.478 e. The van der Waals surface area contributed by atoms with Gasteiger partial charge in [0.05, 0.1) is 11.1 Å². The number of aryl methyl sites for hydroxylation is 1. The SMILES string of the molecule is CCCCCCCCCCCCCc1ccc(C(=O)O)c(C(=O)O)c1CCC. The number of hydrogen-bond donors (Lipinski definition) is 2. The lowest BCUT2D eigenvalue weighted by molar-refractivity contribution is 0.0650. The van der Waals surface area contributed by atoms with Gasteiger partial charge in [-0.2, -0.15) is 0 Å². The lowest BCUT2D eigenvalue weighted by Gasteiger charge is -2.14. The van der Waals surface area contributed by atoms with Crippen molar-refractivity contribution in [3.63, 3.8) is 0 Å². The summed E-state index contributed by atoms with van der Waals surface area (Å²) in [6, 6.07) is 3.27. The summed E-state index contributed by atoms with van der Waals surface area (Å²) in [7, 11) is 0. The fraction of sp³-hybridized carbons (Fsp3) is 0.667. The van der Waals surface area contributed by atoms with Crippen LogP contribution in [-0.4, -0.2) is 22.2 Å². The summed E-state index contributed by atoms with van der Waals surface area (Å²) >= 11 is 0. The maximum absolute atomic E-state index is 11.7. The molecule has 0 unspecified atom stereocenters. The Bertz CT molecular complexity index is 607. The smallest absolute Gasteiger partial charge is 0.336 e. The molecule has 0 aliphatic carbocycles.